The zero-order valence-electron chi connectivity index (χ0n) is 9.59. The topological polar surface area (TPSA) is 53.7 Å². The van der Waals surface area contributed by atoms with E-state index >= 15 is 0 Å². The average Bonchev–Trinajstić information content (AvgIpc) is 1.84. The maximum atomic E-state index is 10.2. The molecule has 0 amide bonds. The van der Waals surface area contributed by atoms with E-state index in [-0.39, 0.29) is 57.9 Å². The first-order valence-corrected chi connectivity index (χ1v) is 4.00. The first kappa shape index (κ1) is 20.0. The Kier molecular flexibility index (Phi) is 16.6. The van der Waals surface area contributed by atoms with Gasteiger partial charge in [0, 0.05) is 0 Å². The first-order valence-electron chi connectivity index (χ1n) is 4.00. The van der Waals surface area contributed by atoms with E-state index in [2.05, 4.69) is 9.58 Å². The van der Waals surface area contributed by atoms with Gasteiger partial charge in [0.15, 0.2) is 0 Å². The molecule has 0 heterocycles. The van der Waals surface area contributed by atoms with Gasteiger partial charge in [-0.2, -0.15) is 0 Å². The molecule has 0 unspecified atom stereocenters. The van der Waals surface area contributed by atoms with Crippen molar-refractivity contribution in [2.75, 3.05) is 13.2 Å². The zero-order valence-corrected chi connectivity index (χ0v) is 12.7. The van der Waals surface area contributed by atoms with Crippen LogP contribution in [0.25, 0.3) is 4.85 Å². The summed E-state index contributed by atoms with van der Waals surface area (Å²) in [5.41, 5.74) is -0.750. The van der Waals surface area contributed by atoms with Gasteiger partial charge in [-0.1, -0.05) is 20.8 Å². The Hall–Kier alpha value is 0.556. The number of hydrogen-bond acceptors (Lipinski definition) is 3. The molecule has 0 fully saturated rings. The molecule has 0 aliphatic heterocycles. The molecule has 0 aromatic heterocycles. The number of carbonyl (C=O) groups is 1. The molecule has 0 spiro atoms. The Morgan fingerprint density at radius 3 is 2.07 bits per heavy atom. The molecule has 0 saturated carbocycles. The summed E-state index contributed by atoms with van der Waals surface area (Å²) in [6, 6.07) is 0. The van der Waals surface area contributed by atoms with E-state index in [0.717, 1.165) is 0 Å². The molecule has 0 aromatic rings. The van der Waals surface area contributed by atoms with Crippen LogP contribution in [0.1, 0.15) is 27.7 Å². The van der Waals surface area contributed by atoms with Crippen molar-refractivity contribution in [2.24, 2.45) is 0 Å². The number of rotatable bonds is 2. The zero-order chi connectivity index (χ0) is 10.9. The molecule has 4 nitrogen and oxygen atoms in total. The third-order valence-electron chi connectivity index (χ3n) is 0.513. The smallest absolute Gasteiger partial charge is 0.850 e. The fourth-order valence-corrected chi connectivity index (χ4v) is 0.271. The van der Waals surface area contributed by atoms with Gasteiger partial charge < -0.3 is 14.7 Å². The van der Waals surface area contributed by atoms with Gasteiger partial charge in [0.2, 0.25) is 0 Å². The Labute approximate surface area is 128 Å². The first-order chi connectivity index (χ1) is 5.81. The minimum absolute atomic E-state index is 0. The fraction of sp³-hybridized carbons (Fsp3) is 0.778. The minimum Gasteiger partial charge on any atom is -0.850 e. The largest absolute Gasteiger partial charge is 1.00 e. The summed E-state index contributed by atoms with van der Waals surface area (Å²) in [7, 11) is 0. The summed E-state index contributed by atoms with van der Waals surface area (Å²) in [5, 5.41) is 10.1. The Bertz CT molecular complexity index is 175. The van der Waals surface area contributed by atoms with E-state index in [4.69, 9.17) is 6.57 Å². The molecule has 0 saturated heterocycles. The molecule has 0 atom stereocenters. The monoisotopic (exact) mass is 225 g/mol. The van der Waals surface area contributed by atoms with Crippen molar-refractivity contribution < 1.29 is 66.0 Å². The average molecular weight is 225 g/mol. The van der Waals surface area contributed by atoms with Crippen LogP contribution in [0.5, 0.6) is 0 Å². The number of carbonyl (C=O) groups excluding carboxylic acids is 1. The van der Waals surface area contributed by atoms with Crippen LogP contribution in [0, 0.1) is 6.57 Å². The number of ether oxygens (including phenoxy) is 1. The van der Waals surface area contributed by atoms with Gasteiger partial charge >= 0.3 is 63.9 Å². The van der Waals surface area contributed by atoms with Gasteiger partial charge in [-0.25, -0.2) is 11.4 Å². The molecule has 0 bridgehead atoms. The third kappa shape index (κ3) is 39.0. The van der Waals surface area contributed by atoms with Crippen molar-refractivity contribution in [1.82, 2.24) is 0 Å². The summed E-state index contributed by atoms with van der Waals surface area (Å²) in [6.45, 7) is 13.0. The fourth-order valence-electron chi connectivity index (χ4n) is 0.271. The second kappa shape index (κ2) is 11.6. The molecule has 5 heteroatoms. The molecule has 0 aliphatic rings. The van der Waals surface area contributed by atoms with Crippen LogP contribution in [-0.4, -0.2) is 24.7 Å². The van der Waals surface area contributed by atoms with Crippen LogP contribution < -0.4 is 56.5 Å². The van der Waals surface area contributed by atoms with Gasteiger partial charge in [0.25, 0.3) is 0 Å². The molecule has 0 radical (unpaired) electrons. The van der Waals surface area contributed by atoms with Crippen LogP contribution in [0.15, 0.2) is 0 Å². The predicted octanol–water partition coefficient (Wildman–Crippen LogP) is -2.38. The molecule has 0 rings (SSSR count). The van der Waals surface area contributed by atoms with Crippen LogP contribution in [-0.2, 0) is 9.53 Å². The maximum absolute atomic E-state index is 10.2. The normalized spacial score (nSPS) is 8.57. The standard InChI is InChI=1S/C5H7NO2.C4H9O.K/c1-3-8-5(7)4-6-2;1-4(2,3)5;/h3-4H2,1H3;1-3H3;/q;-1;+1. The van der Waals surface area contributed by atoms with Gasteiger partial charge in [-0.05, 0) is 6.92 Å². The van der Waals surface area contributed by atoms with Crippen molar-refractivity contribution in [3.05, 3.63) is 11.4 Å². The van der Waals surface area contributed by atoms with Crippen molar-refractivity contribution >= 4 is 5.97 Å². The second-order valence-corrected chi connectivity index (χ2v) is 3.23. The Morgan fingerprint density at radius 1 is 1.50 bits per heavy atom. The Balaban J connectivity index is -0.000000177. The number of nitrogens with zero attached hydrogens (tertiary/aromatic N) is 1. The van der Waals surface area contributed by atoms with E-state index in [1.165, 1.54) is 0 Å². The summed E-state index contributed by atoms with van der Waals surface area (Å²) in [6.07, 6.45) is 0. The van der Waals surface area contributed by atoms with Gasteiger partial charge in [-0.15, -0.1) is 5.60 Å². The van der Waals surface area contributed by atoms with E-state index < -0.39 is 11.6 Å². The number of esters is 1. The van der Waals surface area contributed by atoms with Crippen LogP contribution >= 0.6 is 0 Å². The molecular weight excluding hydrogens is 209 g/mol. The van der Waals surface area contributed by atoms with Gasteiger partial charge in [0.05, 0.1) is 6.61 Å². The van der Waals surface area contributed by atoms with Crippen molar-refractivity contribution in [2.45, 2.75) is 33.3 Å². The van der Waals surface area contributed by atoms with Crippen molar-refractivity contribution in [1.29, 1.82) is 0 Å². The minimum atomic E-state index is -0.750. The molecular formula is C9H16KNO3. The predicted molar refractivity (Wildman–Crippen MR) is 47.9 cm³/mol. The van der Waals surface area contributed by atoms with Gasteiger partial charge in [0.1, 0.15) is 0 Å². The summed E-state index contributed by atoms with van der Waals surface area (Å²) in [4.78, 5) is 13.0. The van der Waals surface area contributed by atoms with E-state index in [0.29, 0.717) is 6.61 Å². The van der Waals surface area contributed by atoms with Crippen LogP contribution in [0.4, 0.5) is 0 Å². The molecule has 76 valence electrons. The maximum Gasteiger partial charge on any atom is 1.00 e. The number of hydrogen-bond donors (Lipinski definition) is 0. The van der Waals surface area contributed by atoms with Crippen molar-refractivity contribution in [3.8, 4) is 0 Å². The Morgan fingerprint density at radius 2 is 1.86 bits per heavy atom. The molecule has 0 aromatic carbocycles. The summed E-state index contributed by atoms with van der Waals surface area (Å²) >= 11 is 0. The molecule has 0 N–H and O–H groups in total. The van der Waals surface area contributed by atoms with E-state index in [9.17, 15) is 9.90 Å². The van der Waals surface area contributed by atoms with E-state index in [1.807, 2.05) is 0 Å². The SMILES string of the molecule is CC(C)(C)[O-].[C-]#[N+]CC(=O)OCC.[K+]. The molecule has 14 heavy (non-hydrogen) atoms. The summed E-state index contributed by atoms with van der Waals surface area (Å²) < 4.78 is 4.43. The second-order valence-electron chi connectivity index (χ2n) is 3.23. The van der Waals surface area contributed by atoms with Crippen molar-refractivity contribution in [3.63, 3.8) is 0 Å². The van der Waals surface area contributed by atoms with Crippen LogP contribution in [0.2, 0.25) is 0 Å². The van der Waals surface area contributed by atoms with Gasteiger partial charge in [-0.3, -0.25) is 0 Å². The van der Waals surface area contributed by atoms with Crippen LogP contribution in [0.3, 0.4) is 0 Å². The third-order valence-corrected chi connectivity index (χ3v) is 0.513. The van der Waals surface area contributed by atoms with E-state index in [1.54, 1.807) is 27.7 Å². The summed E-state index contributed by atoms with van der Waals surface area (Å²) in [5.74, 6) is -0.442. The quantitative estimate of drug-likeness (QED) is 0.299. The molecule has 0 aliphatic carbocycles.